The van der Waals surface area contributed by atoms with Crippen molar-refractivity contribution in [1.82, 2.24) is 15.1 Å². The topological polar surface area (TPSA) is 49.0 Å². The molecule has 3 unspecified atom stereocenters. The van der Waals surface area contributed by atoms with E-state index in [-0.39, 0.29) is 11.8 Å². The van der Waals surface area contributed by atoms with E-state index < -0.39 is 0 Å². The first kappa shape index (κ1) is 14.1. The molecule has 0 aliphatic carbocycles. The number of carbonyl (C=O) groups is 1. The van der Waals surface area contributed by atoms with Gasteiger partial charge in [0.1, 0.15) is 0 Å². The van der Waals surface area contributed by atoms with Crippen LogP contribution in [-0.4, -0.2) is 33.6 Å². The number of rotatable bonds is 3. The molecule has 1 amide bonds. The van der Waals surface area contributed by atoms with Gasteiger partial charge >= 0.3 is 0 Å². The molecule has 4 nitrogen and oxygen atoms in total. The van der Waals surface area contributed by atoms with Crippen molar-refractivity contribution in [2.24, 2.45) is 5.92 Å². The Balaban J connectivity index is 2.03. The quantitative estimate of drug-likeness (QED) is 0.911. The zero-order valence-corrected chi connectivity index (χ0v) is 12.7. The Morgan fingerprint density at radius 3 is 2.63 bits per heavy atom. The van der Waals surface area contributed by atoms with E-state index in [1.54, 1.807) is 0 Å². The molecule has 0 radical (unpaired) electrons. The van der Waals surface area contributed by atoms with E-state index in [1.165, 1.54) is 5.56 Å². The lowest BCUT2D eigenvalue weighted by atomic mass is 9.95. The van der Waals surface area contributed by atoms with E-state index in [1.807, 2.05) is 18.7 Å². The number of aryl methyl sites for hydroxylation is 2. The molecule has 1 saturated heterocycles. The second-order valence-electron chi connectivity index (χ2n) is 6.05. The van der Waals surface area contributed by atoms with Crippen LogP contribution >= 0.6 is 0 Å². The van der Waals surface area contributed by atoms with Gasteiger partial charge in [0.2, 0.25) is 5.91 Å². The summed E-state index contributed by atoms with van der Waals surface area (Å²) >= 11 is 0. The minimum Gasteiger partial charge on any atom is -0.340 e. The van der Waals surface area contributed by atoms with Gasteiger partial charge in [-0.3, -0.25) is 9.89 Å². The Labute approximate surface area is 115 Å². The van der Waals surface area contributed by atoms with E-state index in [0.29, 0.717) is 18.4 Å². The van der Waals surface area contributed by atoms with E-state index in [0.717, 1.165) is 24.4 Å². The molecule has 1 aromatic rings. The van der Waals surface area contributed by atoms with Crippen LogP contribution in [0.2, 0.25) is 0 Å². The highest BCUT2D eigenvalue weighted by molar-refractivity contribution is 5.77. The highest BCUT2D eigenvalue weighted by atomic mass is 16.2. The van der Waals surface area contributed by atoms with Gasteiger partial charge in [-0.15, -0.1) is 0 Å². The summed E-state index contributed by atoms with van der Waals surface area (Å²) in [6.07, 6.45) is 1.71. The highest BCUT2D eigenvalue weighted by Gasteiger charge is 2.31. The summed E-state index contributed by atoms with van der Waals surface area (Å²) in [6.45, 7) is 11.4. The number of amides is 1. The van der Waals surface area contributed by atoms with Crippen molar-refractivity contribution in [2.45, 2.75) is 59.4 Å². The maximum atomic E-state index is 12.4. The van der Waals surface area contributed by atoms with Crippen molar-refractivity contribution >= 4 is 5.91 Å². The molecule has 106 valence electrons. The van der Waals surface area contributed by atoms with Crippen LogP contribution in [0.25, 0.3) is 0 Å². The number of aromatic nitrogens is 2. The molecule has 0 saturated carbocycles. The minimum absolute atomic E-state index is 0.231. The lowest BCUT2D eigenvalue weighted by Crippen LogP contribution is -2.36. The molecule has 1 aliphatic rings. The van der Waals surface area contributed by atoms with Gasteiger partial charge in [-0.25, -0.2) is 0 Å². The first-order chi connectivity index (χ1) is 8.91. The van der Waals surface area contributed by atoms with Crippen molar-refractivity contribution in [2.75, 3.05) is 6.54 Å². The average molecular weight is 263 g/mol. The summed E-state index contributed by atoms with van der Waals surface area (Å²) in [4.78, 5) is 14.5. The van der Waals surface area contributed by atoms with Crippen LogP contribution in [0.15, 0.2) is 0 Å². The first-order valence-electron chi connectivity index (χ1n) is 7.22. The largest absolute Gasteiger partial charge is 0.340 e. The Kier molecular flexibility index (Phi) is 3.97. The fraction of sp³-hybridized carbons (Fsp3) is 0.733. The van der Waals surface area contributed by atoms with Crippen LogP contribution < -0.4 is 0 Å². The molecule has 1 fully saturated rings. The van der Waals surface area contributed by atoms with Crippen LogP contribution in [-0.2, 0) is 4.79 Å². The van der Waals surface area contributed by atoms with Crippen molar-refractivity contribution in [1.29, 1.82) is 0 Å². The van der Waals surface area contributed by atoms with Gasteiger partial charge in [-0.2, -0.15) is 5.10 Å². The second kappa shape index (κ2) is 5.35. The summed E-state index contributed by atoms with van der Waals surface area (Å²) in [5.74, 6) is 1.13. The zero-order chi connectivity index (χ0) is 14.2. The SMILES string of the molecule is Cc1n[nH]c(C)c1C(C)CC(=O)N1CCC(C)C1C. The predicted octanol–water partition coefficient (Wildman–Crippen LogP) is 2.78. The third kappa shape index (κ3) is 2.67. The third-order valence-electron chi connectivity index (χ3n) is 4.62. The summed E-state index contributed by atoms with van der Waals surface area (Å²) in [5, 5.41) is 7.22. The standard InChI is InChI=1S/C15H25N3O/c1-9-6-7-18(13(9)5)14(19)8-10(2)15-11(3)16-17-12(15)4/h9-10,13H,6-8H2,1-5H3,(H,16,17). The van der Waals surface area contributed by atoms with Gasteiger partial charge < -0.3 is 4.90 Å². The summed E-state index contributed by atoms with van der Waals surface area (Å²) in [6, 6.07) is 0.381. The molecular weight excluding hydrogens is 238 g/mol. The van der Waals surface area contributed by atoms with Gasteiger partial charge in [0, 0.05) is 24.7 Å². The molecule has 0 aromatic carbocycles. The number of likely N-dealkylation sites (tertiary alicyclic amines) is 1. The number of nitrogens with zero attached hydrogens (tertiary/aromatic N) is 2. The van der Waals surface area contributed by atoms with E-state index in [2.05, 4.69) is 31.0 Å². The molecule has 0 spiro atoms. The van der Waals surface area contributed by atoms with Crippen molar-refractivity contribution in [3.8, 4) is 0 Å². The Hall–Kier alpha value is -1.32. The number of nitrogens with one attached hydrogen (secondary N) is 1. The first-order valence-corrected chi connectivity index (χ1v) is 7.22. The van der Waals surface area contributed by atoms with Crippen LogP contribution in [0.4, 0.5) is 0 Å². The van der Waals surface area contributed by atoms with E-state index in [9.17, 15) is 4.79 Å². The van der Waals surface area contributed by atoms with Gasteiger partial charge in [0.15, 0.2) is 0 Å². The van der Waals surface area contributed by atoms with Crippen molar-refractivity contribution in [3.05, 3.63) is 17.0 Å². The van der Waals surface area contributed by atoms with Gasteiger partial charge in [-0.05, 0) is 44.6 Å². The number of hydrogen-bond donors (Lipinski definition) is 1. The number of H-pyrrole nitrogens is 1. The monoisotopic (exact) mass is 263 g/mol. The number of aromatic amines is 1. The van der Waals surface area contributed by atoms with Crippen molar-refractivity contribution < 1.29 is 4.79 Å². The Bertz CT molecular complexity index is 446. The van der Waals surface area contributed by atoms with E-state index in [4.69, 9.17) is 0 Å². The smallest absolute Gasteiger partial charge is 0.223 e. The molecule has 4 heteroatoms. The van der Waals surface area contributed by atoms with Crippen LogP contribution in [0.5, 0.6) is 0 Å². The predicted molar refractivity (Wildman–Crippen MR) is 76.0 cm³/mol. The number of carbonyl (C=O) groups excluding carboxylic acids is 1. The van der Waals surface area contributed by atoms with Gasteiger partial charge in [-0.1, -0.05) is 13.8 Å². The molecule has 1 aliphatic heterocycles. The molecule has 2 heterocycles. The average Bonchev–Trinajstić information content (AvgIpc) is 2.84. The summed E-state index contributed by atoms with van der Waals surface area (Å²) in [5.41, 5.74) is 3.30. The fourth-order valence-electron chi connectivity index (χ4n) is 3.21. The van der Waals surface area contributed by atoms with Crippen molar-refractivity contribution in [3.63, 3.8) is 0 Å². The lowest BCUT2D eigenvalue weighted by molar-refractivity contribution is -0.132. The Morgan fingerprint density at radius 2 is 2.16 bits per heavy atom. The molecule has 1 aromatic heterocycles. The normalized spacial score (nSPS) is 24.8. The summed E-state index contributed by atoms with van der Waals surface area (Å²) in [7, 11) is 0. The van der Waals surface area contributed by atoms with Gasteiger partial charge in [0.25, 0.3) is 0 Å². The number of hydrogen-bond acceptors (Lipinski definition) is 2. The maximum absolute atomic E-state index is 12.4. The second-order valence-corrected chi connectivity index (χ2v) is 6.05. The van der Waals surface area contributed by atoms with Crippen LogP contribution in [0, 0.1) is 19.8 Å². The lowest BCUT2D eigenvalue weighted by Gasteiger charge is -2.25. The minimum atomic E-state index is 0.231. The summed E-state index contributed by atoms with van der Waals surface area (Å²) < 4.78 is 0. The molecule has 3 atom stereocenters. The fourth-order valence-corrected chi connectivity index (χ4v) is 3.21. The maximum Gasteiger partial charge on any atom is 0.223 e. The molecular formula is C15H25N3O. The molecule has 0 bridgehead atoms. The highest BCUT2D eigenvalue weighted by Crippen LogP contribution is 2.28. The molecule has 1 N–H and O–H groups in total. The zero-order valence-electron chi connectivity index (χ0n) is 12.7. The van der Waals surface area contributed by atoms with Crippen LogP contribution in [0.1, 0.15) is 56.5 Å². The van der Waals surface area contributed by atoms with E-state index >= 15 is 0 Å². The molecule has 19 heavy (non-hydrogen) atoms. The van der Waals surface area contributed by atoms with Gasteiger partial charge in [0.05, 0.1) is 5.69 Å². The van der Waals surface area contributed by atoms with Crippen LogP contribution in [0.3, 0.4) is 0 Å². The molecule has 2 rings (SSSR count). The third-order valence-corrected chi connectivity index (χ3v) is 4.62. The Morgan fingerprint density at radius 1 is 1.47 bits per heavy atom.